The molecule has 3 heteroatoms. The van der Waals surface area contributed by atoms with Crippen molar-refractivity contribution < 1.29 is 4.39 Å². The van der Waals surface area contributed by atoms with Crippen molar-refractivity contribution in [1.29, 1.82) is 0 Å². The van der Waals surface area contributed by atoms with Crippen molar-refractivity contribution in [3.05, 3.63) is 29.6 Å². The van der Waals surface area contributed by atoms with Crippen LogP contribution in [0.2, 0.25) is 0 Å². The number of halogens is 1. The lowest BCUT2D eigenvalue weighted by atomic mass is 10.1. The van der Waals surface area contributed by atoms with Gasteiger partial charge in [0.05, 0.1) is 0 Å². The second-order valence-electron chi connectivity index (χ2n) is 5.12. The van der Waals surface area contributed by atoms with E-state index in [-0.39, 0.29) is 5.82 Å². The predicted octanol–water partition coefficient (Wildman–Crippen LogP) is 3.10. The maximum atomic E-state index is 13.3. The van der Waals surface area contributed by atoms with Crippen LogP contribution in [0, 0.1) is 12.7 Å². The number of anilines is 1. The summed E-state index contributed by atoms with van der Waals surface area (Å²) < 4.78 is 13.3. The largest absolute Gasteiger partial charge is 0.371 e. The lowest BCUT2D eigenvalue weighted by Gasteiger charge is -2.30. The second-order valence-corrected chi connectivity index (χ2v) is 5.12. The summed E-state index contributed by atoms with van der Waals surface area (Å²) in [4.78, 5) is 2.38. The van der Waals surface area contributed by atoms with Crippen LogP contribution in [0.4, 0.5) is 10.1 Å². The van der Waals surface area contributed by atoms with Crippen molar-refractivity contribution in [3.63, 3.8) is 0 Å². The van der Waals surface area contributed by atoms with Gasteiger partial charge in [-0.1, -0.05) is 6.92 Å². The minimum absolute atomic E-state index is 0.112. The van der Waals surface area contributed by atoms with Gasteiger partial charge < -0.3 is 10.2 Å². The molecule has 0 saturated carbocycles. The molecule has 1 aromatic carbocycles. The van der Waals surface area contributed by atoms with E-state index in [2.05, 4.69) is 17.1 Å². The molecule has 1 aromatic rings. The van der Waals surface area contributed by atoms with E-state index in [4.69, 9.17) is 0 Å². The molecule has 1 heterocycles. The summed E-state index contributed by atoms with van der Waals surface area (Å²) in [5.41, 5.74) is 1.89. The third-order valence-corrected chi connectivity index (χ3v) is 3.78. The van der Waals surface area contributed by atoms with Gasteiger partial charge >= 0.3 is 0 Å². The first-order valence-electron chi connectivity index (χ1n) is 6.95. The van der Waals surface area contributed by atoms with Gasteiger partial charge in [-0.3, -0.25) is 0 Å². The zero-order valence-corrected chi connectivity index (χ0v) is 11.4. The summed E-state index contributed by atoms with van der Waals surface area (Å²) in [7, 11) is 0. The molecule has 0 bridgehead atoms. The van der Waals surface area contributed by atoms with Crippen LogP contribution in [-0.4, -0.2) is 25.7 Å². The molecule has 1 saturated heterocycles. The van der Waals surface area contributed by atoms with Gasteiger partial charge in [-0.05, 0) is 56.5 Å². The molecule has 2 nitrogen and oxygen atoms in total. The standard InChI is InChI=1S/C15H23FN2/c1-3-13-7-10-18(9-4-8-17-13)14-5-6-15(16)12(2)11-14/h5-6,11,13,17H,3-4,7-10H2,1-2H3. The van der Waals surface area contributed by atoms with Crippen molar-refractivity contribution in [2.45, 2.75) is 39.2 Å². The van der Waals surface area contributed by atoms with E-state index in [0.29, 0.717) is 6.04 Å². The van der Waals surface area contributed by atoms with E-state index in [1.54, 1.807) is 6.07 Å². The van der Waals surface area contributed by atoms with Crippen LogP contribution >= 0.6 is 0 Å². The second kappa shape index (κ2) is 6.19. The van der Waals surface area contributed by atoms with Crippen molar-refractivity contribution in [2.24, 2.45) is 0 Å². The lowest BCUT2D eigenvalue weighted by molar-refractivity contribution is 0.439. The van der Waals surface area contributed by atoms with Crippen LogP contribution in [0.15, 0.2) is 18.2 Å². The highest BCUT2D eigenvalue weighted by atomic mass is 19.1. The van der Waals surface area contributed by atoms with Gasteiger partial charge in [0.1, 0.15) is 5.82 Å². The monoisotopic (exact) mass is 250 g/mol. The highest BCUT2D eigenvalue weighted by Crippen LogP contribution is 2.20. The van der Waals surface area contributed by atoms with Crippen LogP contribution in [-0.2, 0) is 0 Å². The van der Waals surface area contributed by atoms with Gasteiger partial charge in [-0.2, -0.15) is 0 Å². The molecule has 1 aliphatic rings. The summed E-state index contributed by atoms with van der Waals surface area (Å²) in [6.45, 7) is 7.24. The topological polar surface area (TPSA) is 15.3 Å². The molecule has 2 rings (SSSR count). The highest BCUT2D eigenvalue weighted by molar-refractivity contribution is 5.48. The van der Waals surface area contributed by atoms with E-state index in [0.717, 1.165) is 43.7 Å². The highest BCUT2D eigenvalue weighted by Gasteiger charge is 2.14. The van der Waals surface area contributed by atoms with E-state index >= 15 is 0 Å². The molecular formula is C15H23FN2. The number of nitrogens with one attached hydrogen (secondary N) is 1. The number of aryl methyl sites for hydroxylation is 1. The van der Waals surface area contributed by atoms with Gasteiger partial charge in [-0.15, -0.1) is 0 Å². The molecule has 0 aromatic heterocycles. The molecule has 0 aliphatic carbocycles. The van der Waals surface area contributed by atoms with E-state index in [1.807, 2.05) is 19.1 Å². The normalized spacial score (nSPS) is 21.5. The average Bonchev–Trinajstić information content (AvgIpc) is 2.33. The Kier molecular flexibility index (Phi) is 4.59. The van der Waals surface area contributed by atoms with Crippen LogP contribution in [0.1, 0.15) is 31.7 Å². The van der Waals surface area contributed by atoms with Crippen molar-refractivity contribution >= 4 is 5.69 Å². The summed E-state index contributed by atoms with van der Waals surface area (Å²) in [5.74, 6) is -0.112. The zero-order chi connectivity index (χ0) is 13.0. The Morgan fingerprint density at radius 2 is 2.22 bits per heavy atom. The van der Waals surface area contributed by atoms with Gasteiger partial charge in [0.25, 0.3) is 0 Å². The summed E-state index contributed by atoms with van der Waals surface area (Å²) in [6.07, 6.45) is 3.48. The van der Waals surface area contributed by atoms with E-state index in [1.165, 1.54) is 6.42 Å². The first kappa shape index (κ1) is 13.3. The molecule has 1 atom stereocenters. The molecule has 0 spiro atoms. The van der Waals surface area contributed by atoms with Gasteiger partial charge in [-0.25, -0.2) is 4.39 Å². The number of hydrogen-bond acceptors (Lipinski definition) is 2. The Morgan fingerprint density at radius 1 is 1.39 bits per heavy atom. The van der Waals surface area contributed by atoms with Crippen molar-refractivity contribution in [3.8, 4) is 0 Å². The van der Waals surface area contributed by atoms with Crippen LogP contribution in [0.3, 0.4) is 0 Å². The Bertz CT molecular complexity index is 392. The summed E-state index contributed by atoms with van der Waals surface area (Å²) >= 11 is 0. The summed E-state index contributed by atoms with van der Waals surface area (Å²) in [6, 6.07) is 6.07. The zero-order valence-electron chi connectivity index (χ0n) is 11.4. The molecule has 100 valence electrons. The molecule has 0 radical (unpaired) electrons. The number of nitrogens with zero attached hydrogens (tertiary/aromatic N) is 1. The maximum absolute atomic E-state index is 13.3. The summed E-state index contributed by atoms with van der Waals surface area (Å²) in [5, 5.41) is 3.58. The molecule has 1 unspecified atom stereocenters. The van der Waals surface area contributed by atoms with Crippen molar-refractivity contribution in [2.75, 3.05) is 24.5 Å². The minimum atomic E-state index is -0.112. The number of rotatable bonds is 2. The SMILES string of the molecule is CCC1CCN(c2ccc(F)c(C)c2)CCCN1. The minimum Gasteiger partial charge on any atom is -0.371 e. The van der Waals surface area contributed by atoms with Crippen LogP contribution < -0.4 is 10.2 Å². The van der Waals surface area contributed by atoms with Crippen LogP contribution in [0.25, 0.3) is 0 Å². The van der Waals surface area contributed by atoms with Gasteiger partial charge in [0.15, 0.2) is 0 Å². The smallest absolute Gasteiger partial charge is 0.126 e. The lowest BCUT2D eigenvalue weighted by Crippen LogP contribution is -2.39. The predicted molar refractivity (Wildman–Crippen MR) is 74.7 cm³/mol. The van der Waals surface area contributed by atoms with Crippen LogP contribution in [0.5, 0.6) is 0 Å². The Hall–Kier alpha value is -1.09. The van der Waals surface area contributed by atoms with E-state index < -0.39 is 0 Å². The number of hydrogen-bond donors (Lipinski definition) is 1. The number of benzene rings is 1. The molecular weight excluding hydrogens is 227 g/mol. The molecule has 1 aliphatic heterocycles. The first-order valence-corrected chi connectivity index (χ1v) is 6.95. The van der Waals surface area contributed by atoms with Gasteiger partial charge in [0.2, 0.25) is 0 Å². The Labute approximate surface area is 109 Å². The Morgan fingerprint density at radius 3 is 2.94 bits per heavy atom. The fourth-order valence-electron chi connectivity index (χ4n) is 2.53. The quantitative estimate of drug-likeness (QED) is 0.867. The third-order valence-electron chi connectivity index (χ3n) is 3.78. The average molecular weight is 250 g/mol. The molecule has 0 amide bonds. The van der Waals surface area contributed by atoms with Gasteiger partial charge in [0, 0.05) is 24.8 Å². The molecule has 1 fully saturated rings. The molecule has 18 heavy (non-hydrogen) atoms. The fourth-order valence-corrected chi connectivity index (χ4v) is 2.53. The fraction of sp³-hybridized carbons (Fsp3) is 0.600. The third kappa shape index (κ3) is 3.22. The Balaban J connectivity index is 2.08. The molecule has 1 N–H and O–H groups in total. The first-order chi connectivity index (χ1) is 8.70. The van der Waals surface area contributed by atoms with Crippen molar-refractivity contribution in [1.82, 2.24) is 5.32 Å². The van der Waals surface area contributed by atoms with E-state index in [9.17, 15) is 4.39 Å². The maximum Gasteiger partial charge on any atom is 0.126 e.